The molecule has 0 atom stereocenters. The van der Waals surface area contributed by atoms with Crippen molar-refractivity contribution in [1.29, 1.82) is 0 Å². The van der Waals surface area contributed by atoms with Gasteiger partial charge in [0.1, 0.15) is 11.6 Å². The summed E-state index contributed by atoms with van der Waals surface area (Å²) in [6, 6.07) is 3.83. The van der Waals surface area contributed by atoms with Crippen LogP contribution in [-0.2, 0) is 6.54 Å². The molecule has 0 aliphatic carbocycles. The summed E-state index contributed by atoms with van der Waals surface area (Å²) in [7, 11) is 0. The van der Waals surface area contributed by atoms with E-state index in [0.717, 1.165) is 6.07 Å². The van der Waals surface area contributed by atoms with Gasteiger partial charge in [-0.05, 0) is 18.2 Å². The largest absolute Gasteiger partial charge is 0.395 e. The smallest absolute Gasteiger partial charge is 0.253 e. The fourth-order valence-corrected chi connectivity index (χ4v) is 1.68. The summed E-state index contributed by atoms with van der Waals surface area (Å²) in [4.78, 5) is 18.9. The number of halogens is 1. The van der Waals surface area contributed by atoms with E-state index in [1.54, 1.807) is 12.4 Å². The Bertz CT molecular complexity index is 672. The molecule has 0 saturated carbocycles. The minimum absolute atomic E-state index is 0.0613. The first-order valence-electron chi connectivity index (χ1n) is 6.36. The number of hydrogen-bond donors (Lipinski definition) is 3. The number of rotatable bonds is 4. The van der Waals surface area contributed by atoms with Crippen LogP contribution in [0, 0.1) is 17.7 Å². The lowest BCUT2D eigenvalue weighted by Crippen LogP contribution is -2.24. The number of aliphatic hydroxyl groups is 1. The minimum Gasteiger partial charge on any atom is -0.395 e. The third kappa shape index (κ3) is 4.16. The number of nitrogens with zero attached hydrogens (tertiary/aromatic N) is 1. The number of amides is 1. The molecule has 3 N–H and O–H groups in total. The quantitative estimate of drug-likeness (QED) is 0.740. The zero-order chi connectivity index (χ0) is 15.1. The first kappa shape index (κ1) is 14.8. The van der Waals surface area contributed by atoms with Crippen LogP contribution in [0.25, 0.3) is 0 Å². The standard InChI is InChI=1S/C15H14FN3O2/c16-12-5-4-11(3-1-2-8-20)13(9-12)15(21)19-10-14-17-6-7-18-14/h4-7,9,20H,2,8,10H2,(H,17,18)(H,19,21). The topological polar surface area (TPSA) is 78.0 Å². The number of aliphatic hydroxyl groups excluding tert-OH is 1. The van der Waals surface area contributed by atoms with Crippen LogP contribution < -0.4 is 5.32 Å². The highest BCUT2D eigenvalue weighted by atomic mass is 19.1. The molecule has 0 aliphatic rings. The van der Waals surface area contributed by atoms with Crippen molar-refractivity contribution >= 4 is 5.91 Å². The molecule has 0 bridgehead atoms. The zero-order valence-electron chi connectivity index (χ0n) is 11.2. The van der Waals surface area contributed by atoms with Crippen molar-refractivity contribution in [2.45, 2.75) is 13.0 Å². The van der Waals surface area contributed by atoms with Gasteiger partial charge < -0.3 is 15.4 Å². The summed E-state index contributed by atoms with van der Waals surface area (Å²) in [5, 5.41) is 11.3. The Kier molecular flexibility index (Phi) is 5.07. The highest BCUT2D eigenvalue weighted by molar-refractivity contribution is 5.96. The molecule has 1 amide bonds. The van der Waals surface area contributed by atoms with Crippen LogP contribution in [0.3, 0.4) is 0 Å². The molecule has 0 fully saturated rings. The van der Waals surface area contributed by atoms with E-state index in [4.69, 9.17) is 5.11 Å². The number of carbonyl (C=O) groups is 1. The maximum atomic E-state index is 13.3. The number of imidazole rings is 1. The fraction of sp³-hybridized carbons (Fsp3) is 0.200. The minimum atomic E-state index is -0.508. The van der Waals surface area contributed by atoms with Crippen LogP contribution in [0.1, 0.15) is 28.2 Å². The number of aromatic nitrogens is 2. The van der Waals surface area contributed by atoms with Crippen molar-refractivity contribution in [2.24, 2.45) is 0 Å². The van der Waals surface area contributed by atoms with E-state index in [1.165, 1.54) is 12.1 Å². The molecular formula is C15H14FN3O2. The molecule has 108 valence electrons. The maximum Gasteiger partial charge on any atom is 0.253 e. The highest BCUT2D eigenvalue weighted by Crippen LogP contribution is 2.11. The number of H-pyrrole nitrogens is 1. The molecule has 0 radical (unpaired) electrons. The molecule has 0 saturated heterocycles. The molecule has 1 aromatic carbocycles. The number of hydrogen-bond acceptors (Lipinski definition) is 3. The Morgan fingerprint density at radius 1 is 1.48 bits per heavy atom. The number of nitrogens with one attached hydrogen (secondary N) is 2. The van der Waals surface area contributed by atoms with Gasteiger partial charge in [-0.2, -0.15) is 0 Å². The summed E-state index contributed by atoms with van der Waals surface area (Å²) >= 11 is 0. The lowest BCUT2D eigenvalue weighted by Gasteiger charge is -2.06. The fourth-order valence-electron chi connectivity index (χ4n) is 1.68. The molecule has 2 rings (SSSR count). The summed E-state index contributed by atoms with van der Waals surface area (Å²) in [6.07, 6.45) is 3.52. The molecule has 6 heteroatoms. The Morgan fingerprint density at radius 3 is 3.05 bits per heavy atom. The van der Waals surface area contributed by atoms with E-state index in [2.05, 4.69) is 27.1 Å². The summed E-state index contributed by atoms with van der Waals surface area (Å²) in [5.41, 5.74) is 0.578. The van der Waals surface area contributed by atoms with Crippen LogP contribution in [-0.4, -0.2) is 27.6 Å². The summed E-state index contributed by atoms with van der Waals surface area (Å²) in [5.74, 6) is 5.13. The third-order valence-electron chi connectivity index (χ3n) is 2.66. The molecule has 0 aliphatic heterocycles. The van der Waals surface area contributed by atoms with E-state index in [0.29, 0.717) is 17.8 Å². The van der Waals surface area contributed by atoms with Crippen molar-refractivity contribution in [3.05, 3.63) is 53.4 Å². The average molecular weight is 287 g/mol. The monoisotopic (exact) mass is 287 g/mol. The van der Waals surface area contributed by atoms with Gasteiger partial charge in [0.25, 0.3) is 5.91 Å². The Labute approximate surface area is 121 Å². The van der Waals surface area contributed by atoms with Gasteiger partial charge in [-0.1, -0.05) is 11.8 Å². The van der Waals surface area contributed by atoms with E-state index < -0.39 is 11.7 Å². The average Bonchev–Trinajstić information content (AvgIpc) is 3.00. The highest BCUT2D eigenvalue weighted by Gasteiger charge is 2.11. The van der Waals surface area contributed by atoms with E-state index >= 15 is 0 Å². The van der Waals surface area contributed by atoms with Crippen molar-refractivity contribution in [3.63, 3.8) is 0 Å². The van der Waals surface area contributed by atoms with Crippen LogP contribution in [0.15, 0.2) is 30.6 Å². The second kappa shape index (κ2) is 7.22. The lowest BCUT2D eigenvalue weighted by molar-refractivity contribution is 0.0949. The first-order chi connectivity index (χ1) is 10.2. The lowest BCUT2D eigenvalue weighted by atomic mass is 10.1. The van der Waals surface area contributed by atoms with Crippen molar-refractivity contribution in [3.8, 4) is 11.8 Å². The number of benzene rings is 1. The third-order valence-corrected chi connectivity index (χ3v) is 2.66. The van der Waals surface area contributed by atoms with Gasteiger partial charge in [-0.25, -0.2) is 9.37 Å². The van der Waals surface area contributed by atoms with Gasteiger partial charge in [-0.15, -0.1) is 0 Å². The Morgan fingerprint density at radius 2 is 2.33 bits per heavy atom. The molecular weight excluding hydrogens is 273 g/mol. The van der Waals surface area contributed by atoms with Crippen LogP contribution >= 0.6 is 0 Å². The van der Waals surface area contributed by atoms with Crippen molar-refractivity contribution in [2.75, 3.05) is 6.61 Å². The van der Waals surface area contributed by atoms with Gasteiger partial charge in [0, 0.05) is 24.4 Å². The number of carbonyl (C=O) groups excluding carboxylic acids is 1. The Balaban J connectivity index is 2.15. The van der Waals surface area contributed by atoms with Crippen molar-refractivity contribution in [1.82, 2.24) is 15.3 Å². The van der Waals surface area contributed by atoms with Gasteiger partial charge in [0.2, 0.25) is 0 Å². The van der Waals surface area contributed by atoms with Gasteiger partial charge in [-0.3, -0.25) is 4.79 Å². The van der Waals surface area contributed by atoms with Gasteiger partial charge in [0.05, 0.1) is 18.7 Å². The normalized spacial score (nSPS) is 9.81. The van der Waals surface area contributed by atoms with Gasteiger partial charge >= 0.3 is 0 Å². The van der Waals surface area contributed by atoms with Crippen LogP contribution in [0.2, 0.25) is 0 Å². The summed E-state index contributed by atoms with van der Waals surface area (Å²) in [6.45, 7) is 0.153. The van der Waals surface area contributed by atoms with Crippen molar-refractivity contribution < 1.29 is 14.3 Å². The van der Waals surface area contributed by atoms with Crippen LogP contribution in [0.5, 0.6) is 0 Å². The second-order valence-corrected chi connectivity index (χ2v) is 4.18. The first-order valence-corrected chi connectivity index (χ1v) is 6.36. The predicted octanol–water partition coefficient (Wildman–Crippen LogP) is 1.21. The molecule has 1 heterocycles. The zero-order valence-corrected chi connectivity index (χ0v) is 11.2. The predicted molar refractivity (Wildman–Crippen MR) is 74.7 cm³/mol. The molecule has 2 aromatic rings. The summed E-state index contributed by atoms with van der Waals surface area (Å²) < 4.78 is 13.3. The van der Waals surface area contributed by atoms with E-state index in [9.17, 15) is 9.18 Å². The van der Waals surface area contributed by atoms with E-state index in [1.807, 2.05) is 0 Å². The molecule has 1 aromatic heterocycles. The SMILES string of the molecule is O=C(NCc1ncc[nH]1)c1cc(F)ccc1C#CCCO. The van der Waals surface area contributed by atoms with Gasteiger partial charge in [0.15, 0.2) is 0 Å². The maximum absolute atomic E-state index is 13.3. The number of aromatic amines is 1. The molecule has 0 spiro atoms. The second-order valence-electron chi connectivity index (χ2n) is 4.18. The Hall–Kier alpha value is -2.65. The molecule has 0 unspecified atom stereocenters. The van der Waals surface area contributed by atoms with Crippen LogP contribution in [0.4, 0.5) is 4.39 Å². The van der Waals surface area contributed by atoms with E-state index in [-0.39, 0.29) is 18.7 Å². The molecule has 5 nitrogen and oxygen atoms in total. The molecule has 21 heavy (non-hydrogen) atoms.